The lowest BCUT2D eigenvalue weighted by atomic mass is 9.79. The van der Waals surface area contributed by atoms with Crippen LogP contribution in [0.15, 0.2) is 18.2 Å². The molecule has 2 aliphatic carbocycles. The van der Waals surface area contributed by atoms with Crippen LogP contribution in [0.2, 0.25) is 0 Å². The minimum Gasteiger partial charge on any atom is -0.481 e. The molecule has 1 saturated carbocycles. The highest BCUT2D eigenvalue weighted by Gasteiger charge is 2.37. The van der Waals surface area contributed by atoms with E-state index in [2.05, 4.69) is 10.6 Å². The highest BCUT2D eigenvalue weighted by molar-refractivity contribution is 7.17. The van der Waals surface area contributed by atoms with Crippen molar-refractivity contribution in [3.8, 4) is 0 Å². The number of nitrogens with one attached hydrogen (secondary N) is 2. The van der Waals surface area contributed by atoms with E-state index < -0.39 is 17.8 Å². The molecule has 1 fully saturated rings. The van der Waals surface area contributed by atoms with Crippen LogP contribution in [0, 0.1) is 11.8 Å². The van der Waals surface area contributed by atoms with Crippen molar-refractivity contribution in [1.29, 1.82) is 0 Å². The van der Waals surface area contributed by atoms with E-state index in [1.807, 2.05) is 18.2 Å². The molecule has 168 valence electrons. The number of amides is 2. The number of carbonyl (C=O) groups is 3. The summed E-state index contributed by atoms with van der Waals surface area (Å²) in [6, 6.07) is 5.77. The number of rotatable bonds is 5. The molecule has 2 heterocycles. The third-order valence-corrected chi connectivity index (χ3v) is 7.99. The Kier molecular flexibility index (Phi) is 5.73. The minimum absolute atomic E-state index is 0.239. The number of hydrogen-bond acceptors (Lipinski definition) is 5. The highest BCUT2D eigenvalue weighted by atomic mass is 32.1. The Balaban J connectivity index is 1.39. The molecule has 8 heteroatoms. The maximum absolute atomic E-state index is 13.3. The molecule has 0 radical (unpaired) electrons. The smallest absolute Gasteiger partial charge is 0.307 e. The number of thiophene rings is 1. The largest absolute Gasteiger partial charge is 0.481 e. The number of carbonyl (C=O) groups excluding carboxylic acids is 2. The Hall–Kier alpha value is -2.71. The average Bonchev–Trinajstić information content (AvgIpc) is 3.49. The van der Waals surface area contributed by atoms with E-state index in [9.17, 15) is 19.5 Å². The second-order valence-corrected chi connectivity index (χ2v) is 9.92. The summed E-state index contributed by atoms with van der Waals surface area (Å²) in [6.45, 7) is 1.14. The highest BCUT2D eigenvalue weighted by Crippen LogP contribution is 2.41. The third-order valence-electron chi connectivity index (χ3n) is 6.78. The van der Waals surface area contributed by atoms with Gasteiger partial charge in [0.25, 0.3) is 5.91 Å². The van der Waals surface area contributed by atoms with E-state index in [1.54, 1.807) is 0 Å². The monoisotopic (exact) mass is 454 g/mol. The Labute approximate surface area is 190 Å². The summed E-state index contributed by atoms with van der Waals surface area (Å²) >= 11 is 1.45. The molecule has 3 aliphatic rings. The molecule has 0 saturated heterocycles. The van der Waals surface area contributed by atoms with Crippen LogP contribution in [-0.4, -0.2) is 22.9 Å². The van der Waals surface area contributed by atoms with Crippen molar-refractivity contribution in [1.82, 2.24) is 0 Å². The van der Waals surface area contributed by atoms with Crippen molar-refractivity contribution >= 4 is 39.8 Å². The molecule has 2 atom stereocenters. The van der Waals surface area contributed by atoms with E-state index in [-0.39, 0.29) is 11.8 Å². The zero-order chi connectivity index (χ0) is 22.2. The molecule has 1 aliphatic heterocycles. The van der Waals surface area contributed by atoms with Gasteiger partial charge in [-0.1, -0.05) is 18.9 Å². The Bertz CT molecular complexity index is 1090. The van der Waals surface area contributed by atoms with Crippen molar-refractivity contribution in [2.75, 3.05) is 10.6 Å². The predicted octanol–water partition coefficient (Wildman–Crippen LogP) is 4.35. The zero-order valence-corrected chi connectivity index (χ0v) is 18.6. The first-order valence-electron chi connectivity index (χ1n) is 11.2. The Morgan fingerprint density at radius 2 is 1.75 bits per heavy atom. The summed E-state index contributed by atoms with van der Waals surface area (Å²) in [5.74, 6) is -2.68. The van der Waals surface area contributed by atoms with E-state index >= 15 is 0 Å². The first kappa shape index (κ1) is 21.2. The SMILES string of the molecule is O=C(Nc1ccc2c(c1)COC2)c1c(NC(=O)C2CCCCC2C(=O)O)sc2c1CCC2. The van der Waals surface area contributed by atoms with Gasteiger partial charge in [0.2, 0.25) is 5.91 Å². The van der Waals surface area contributed by atoms with Gasteiger partial charge < -0.3 is 20.5 Å². The lowest BCUT2D eigenvalue weighted by Gasteiger charge is -2.27. The Morgan fingerprint density at radius 3 is 2.56 bits per heavy atom. The molecule has 1 aromatic heterocycles. The molecule has 32 heavy (non-hydrogen) atoms. The van der Waals surface area contributed by atoms with Crippen LogP contribution in [0.3, 0.4) is 0 Å². The van der Waals surface area contributed by atoms with Gasteiger partial charge in [0.1, 0.15) is 5.00 Å². The quantitative estimate of drug-likeness (QED) is 0.623. The summed E-state index contributed by atoms with van der Waals surface area (Å²) in [4.78, 5) is 39.1. The lowest BCUT2D eigenvalue weighted by Crippen LogP contribution is -2.36. The van der Waals surface area contributed by atoms with Crippen LogP contribution in [-0.2, 0) is 40.4 Å². The molecule has 0 bridgehead atoms. The van der Waals surface area contributed by atoms with E-state index in [0.29, 0.717) is 42.3 Å². The van der Waals surface area contributed by atoms with Crippen LogP contribution >= 0.6 is 11.3 Å². The first-order valence-corrected chi connectivity index (χ1v) is 12.0. The van der Waals surface area contributed by atoms with Crippen molar-refractivity contribution < 1.29 is 24.2 Å². The van der Waals surface area contributed by atoms with Gasteiger partial charge in [-0.15, -0.1) is 11.3 Å². The lowest BCUT2D eigenvalue weighted by molar-refractivity contribution is -0.147. The molecule has 2 amide bonds. The van der Waals surface area contributed by atoms with Gasteiger partial charge in [-0.2, -0.15) is 0 Å². The van der Waals surface area contributed by atoms with Crippen molar-refractivity contribution in [2.24, 2.45) is 11.8 Å². The number of fused-ring (bicyclic) bond motifs is 2. The number of carboxylic acid groups (broad SMARTS) is 1. The molecule has 3 N–H and O–H groups in total. The molecule has 0 spiro atoms. The van der Waals surface area contributed by atoms with Gasteiger partial charge >= 0.3 is 5.97 Å². The van der Waals surface area contributed by atoms with Crippen LogP contribution in [0.4, 0.5) is 10.7 Å². The second-order valence-electron chi connectivity index (χ2n) is 8.82. The molecular formula is C24H26N2O5S. The van der Waals surface area contributed by atoms with Gasteiger partial charge in [-0.3, -0.25) is 14.4 Å². The summed E-state index contributed by atoms with van der Waals surface area (Å²) in [5.41, 5.74) is 4.44. The van der Waals surface area contributed by atoms with Gasteiger partial charge in [-0.25, -0.2) is 0 Å². The number of carboxylic acids is 1. The standard InChI is InChI=1S/C24H26N2O5S/c27-21(16-4-1-2-5-17(16)24(29)30)26-23-20(18-6-3-7-19(18)32-23)22(28)25-15-9-8-13-11-31-12-14(13)10-15/h8-10,16-17H,1-7,11-12H2,(H,25,28)(H,26,27)(H,29,30). The van der Waals surface area contributed by atoms with Gasteiger partial charge in [0.05, 0.1) is 30.6 Å². The first-order chi connectivity index (χ1) is 15.5. The van der Waals surface area contributed by atoms with Crippen molar-refractivity contribution in [3.05, 3.63) is 45.3 Å². The number of ether oxygens (including phenoxy) is 1. The average molecular weight is 455 g/mol. The maximum Gasteiger partial charge on any atom is 0.307 e. The van der Waals surface area contributed by atoms with E-state index in [0.717, 1.165) is 53.7 Å². The Morgan fingerprint density at radius 1 is 0.969 bits per heavy atom. The molecular weight excluding hydrogens is 428 g/mol. The van der Waals surface area contributed by atoms with Crippen LogP contribution in [0.5, 0.6) is 0 Å². The van der Waals surface area contributed by atoms with Crippen LogP contribution < -0.4 is 10.6 Å². The number of hydrogen-bond donors (Lipinski definition) is 3. The minimum atomic E-state index is -0.919. The van der Waals surface area contributed by atoms with Crippen LogP contribution in [0.25, 0.3) is 0 Å². The summed E-state index contributed by atoms with van der Waals surface area (Å²) in [6.07, 6.45) is 5.45. The topological polar surface area (TPSA) is 105 Å². The number of aryl methyl sites for hydroxylation is 1. The fraction of sp³-hybridized carbons (Fsp3) is 0.458. The summed E-state index contributed by atoms with van der Waals surface area (Å²) in [7, 11) is 0. The van der Waals surface area contributed by atoms with E-state index in [1.165, 1.54) is 11.3 Å². The maximum atomic E-state index is 13.3. The number of anilines is 2. The van der Waals surface area contributed by atoms with Crippen molar-refractivity contribution in [3.63, 3.8) is 0 Å². The summed E-state index contributed by atoms with van der Waals surface area (Å²) in [5, 5.41) is 16.0. The van der Waals surface area contributed by atoms with Crippen molar-refractivity contribution in [2.45, 2.75) is 58.2 Å². The number of aliphatic carboxylic acids is 1. The van der Waals surface area contributed by atoms with Gasteiger partial charge in [0.15, 0.2) is 0 Å². The predicted molar refractivity (Wildman–Crippen MR) is 121 cm³/mol. The summed E-state index contributed by atoms with van der Waals surface area (Å²) < 4.78 is 5.45. The second kappa shape index (κ2) is 8.67. The molecule has 5 rings (SSSR count). The van der Waals surface area contributed by atoms with Gasteiger partial charge in [0, 0.05) is 10.6 Å². The fourth-order valence-electron chi connectivity index (χ4n) is 5.12. The molecule has 2 aromatic rings. The van der Waals surface area contributed by atoms with Gasteiger partial charge in [-0.05, 0) is 60.9 Å². The molecule has 1 aromatic carbocycles. The fourth-order valence-corrected chi connectivity index (χ4v) is 6.41. The normalized spacial score (nSPS) is 21.6. The van der Waals surface area contributed by atoms with Crippen LogP contribution in [0.1, 0.15) is 64.0 Å². The zero-order valence-electron chi connectivity index (χ0n) is 17.7. The number of benzene rings is 1. The molecule has 2 unspecified atom stereocenters. The molecule has 7 nitrogen and oxygen atoms in total. The van der Waals surface area contributed by atoms with E-state index in [4.69, 9.17) is 4.74 Å². The third kappa shape index (κ3) is 3.93.